The molecular formula is C18H19N7O2S. The summed E-state index contributed by atoms with van der Waals surface area (Å²) in [5.41, 5.74) is 0.575. The molecular weight excluding hydrogens is 378 g/mol. The molecule has 9 nitrogen and oxygen atoms in total. The van der Waals surface area contributed by atoms with Crippen molar-refractivity contribution in [3.05, 3.63) is 60.2 Å². The molecule has 0 aliphatic rings. The van der Waals surface area contributed by atoms with Crippen LogP contribution in [0.2, 0.25) is 0 Å². The van der Waals surface area contributed by atoms with E-state index in [1.165, 1.54) is 11.8 Å². The molecule has 2 amide bonds. The van der Waals surface area contributed by atoms with Crippen LogP contribution < -0.4 is 10.6 Å². The summed E-state index contributed by atoms with van der Waals surface area (Å²) in [5.74, 6) is 0.552. The van der Waals surface area contributed by atoms with Crippen molar-refractivity contribution in [2.24, 2.45) is 7.05 Å². The number of aromatic nitrogens is 5. The molecule has 28 heavy (non-hydrogen) atoms. The maximum absolute atomic E-state index is 12.3. The van der Waals surface area contributed by atoms with Crippen molar-refractivity contribution in [1.82, 2.24) is 30.0 Å². The van der Waals surface area contributed by atoms with Gasteiger partial charge in [0.1, 0.15) is 0 Å². The van der Waals surface area contributed by atoms with E-state index in [1.54, 1.807) is 42.2 Å². The van der Waals surface area contributed by atoms with Crippen LogP contribution in [0.15, 0.2) is 53.9 Å². The summed E-state index contributed by atoms with van der Waals surface area (Å²) in [7, 11) is 1.79. The summed E-state index contributed by atoms with van der Waals surface area (Å²) < 4.78 is 1.76. The molecule has 0 spiro atoms. The molecule has 0 unspecified atom stereocenters. The lowest BCUT2D eigenvalue weighted by Crippen LogP contribution is -2.28. The minimum Gasteiger partial charge on any atom is -0.342 e. The van der Waals surface area contributed by atoms with Crippen molar-refractivity contribution < 1.29 is 9.59 Å². The van der Waals surface area contributed by atoms with Crippen molar-refractivity contribution in [3.8, 4) is 0 Å². The minimum absolute atomic E-state index is 0.134. The molecule has 1 atom stereocenters. The molecule has 0 saturated carbocycles. The van der Waals surface area contributed by atoms with Crippen LogP contribution in [0.5, 0.6) is 0 Å². The lowest BCUT2D eigenvalue weighted by atomic mass is 10.2. The van der Waals surface area contributed by atoms with Gasteiger partial charge < -0.3 is 9.88 Å². The van der Waals surface area contributed by atoms with E-state index in [2.05, 4.69) is 30.8 Å². The van der Waals surface area contributed by atoms with Gasteiger partial charge in [0.05, 0.1) is 11.8 Å². The van der Waals surface area contributed by atoms with E-state index in [0.717, 1.165) is 0 Å². The molecule has 3 rings (SSSR count). The maximum atomic E-state index is 12.3. The normalized spacial score (nSPS) is 11.6. The fourth-order valence-electron chi connectivity index (χ4n) is 2.42. The fourth-order valence-corrected chi connectivity index (χ4v) is 3.14. The summed E-state index contributed by atoms with van der Waals surface area (Å²) in [6.07, 6.45) is 3.10. The highest BCUT2D eigenvalue weighted by atomic mass is 32.2. The lowest BCUT2D eigenvalue weighted by molar-refractivity contribution is -0.113. The molecule has 2 heterocycles. The predicted molar refractivity (Wildman–Crippen MR) is 105 cm³/mol. The maximum Gasteiger partial charge on any atom is 0.251 e. The zero-order chi connectivity index (χ0) is 19.9. The molecule has 0 saturated heterocycles. The number of nitrogens with one attached hydrogen (secondary N) is 2. The van der Waals surface area contributed by atoms with Gasteiger partial charge in [0.15, 0.2) is 11.0 Å². The molecule has 0 fully saturated rings. The Morgan fingerprint density at radius 1 is 1.11 bits per heavy atom. The van der Waals surface area contributed by atoms with E-state index in [4.69, 9.17) is 0 Å². The van der Waals surface area contributed by atoms with Crippen LogP contribution in [0.1, 0.15) is 29.1 Å². The van der Waals surface area contributed by atoms with Gasteiger partial charge in [0.25, 0.3) is 5.91 Å². The third kappa shape index (κ3) is 4.92. The monoisotopic (exact) mass is 397 g/mol. The van der Waals surface area contributed by atoms with Gasteiger partial charge in [-0.2, -0.15) is 0 Å². The predicted octanol–water partition coefficient (Wildman–Crippen LogP) is 1.83. The van der Waals surface area contributed by atoms with Crippen LogP contribution in [0, 0.1) is 0 Å². The Bertz CT molecular complexity index is 947. The number of rotatable bonds is 7. The van der Waals surface area contributed by atoms with Crippen molar-refractivity contribution in [2.75, 3.05) is 11.1 Å². The first kappa shape index (κ1) is 19.5. The number of thioether (sulfide) groups is 1. The molecule has 3 aromatic rings. The highest BCUT2D eigenvalue weighted by Crippen LogP contribution is 2.19. The topological polar surface area (TPSA) is 115 Å². The van der Waals surface area contributed by atoms with E-state index in [-0.39, 0.29) is 29.6 Å². The number of nitrogens with zero attached hydrogens (tertiary/aromatic N) is 5. The number of benzene rings is 1. The number of amides is 2. The Morgan fingerprint density at radius 2 is 1.82 bits per heavy atom. The van der Waals surface area contributed by atoms with Crippen LogP contribution in [0.4, 0.5) is 5.95 Å². The molecule has 2 aromatic heterocycles. The third-order valence-electron chi connectivity index (χ3n) is 3.79. The second kappa shape index (κ2) is 9.09. The Balaban J connectivity index is 1.57. The lowest BCUT2D eigenvalue weighted by Gasteiger charge is -2.13. The van der Waals surface area contributed by atoms with E-state index in [0.29, 0.717) is 16.5 Å². The van der Waals surface area contributed by atoms with E-state index in [1.807, 2.05) is 25.1 Å². The van der Waals surface area contributed by atoms with E-state index >= 15 is 0 Å². The van der Waals surface area contributed by atoms with Gasteiger partial charge in [-0.25, -0.2) is 9.97 Å². The van der Waals surface area contributed by atoms with Gasteiger partial charge in [-0.15, -0.1) is 10.2 Å². The van der Waals surface area contributed by atoms with Gasteiger partial charge in [-0.3, -0.25) is 14.9 Å². The van der Waals surface area contributed by atoms with Crippen LogP contribution >= 0.6 is 11.8 Å². The van der Waals surface area contributed by atoms with Crippen molar-refractivity contribution in [1.29, 1.82) is 0 Å². The van der Waals surface area contributed by atoms with Gasteiger partial charge in [-0.1, -0.05) is 30.0 Å². The number of carbonyl (C=O) groups is 2. The van der Waals surface area contributed by atoms with Crippen LogP contribution in [-0.2, 0) is 11.8 Å². The zero-order valence-electron chi connectivity index (χ0n) is 15.4. The van der Waals surface area contributed by atoms with Crippen LogP contribution in [0.3, 0.4) is 0 Å². The molecule has 0 radical (unpaired) electrons. The standard InChI is InChI=1S/C18H19N7O2S/c1-12(21-16(27)13-7-4-3-5-8-13)15-23-24-18(25(15)2)28-11-14(26)22-17-19-9-6-10-20-17/h3-10,12H,11H2,1-2H3,(H,21,27)(H,19,20,22,26)/t12-/m1/s1. The number of hydrogen-bond donors (Lipinski definition) is 2. The first-order valence-corrected chi connectivity index (χ1v) is 9.48. The summed E-state index contributed by atoms with van der Waals surface area (Å²) in [6.45, 7) is 1.83. The van der Waals surface area contributed by atoms with Crippen molar-refractivity contribution in [2.45, 2.75) is 18.1 Å². The molecule has 0 aliphatic heterocycles. The first-order chi connectivity index (χ1) is 13.5. The Morgan fingerprint density at radius 3 is 2.54 bits per heavy atom. The highest BCUT2D eigenvalue weighted by molar-refractivity contribution is 7.99. The highest BCUT2D eigenvalue weighted by Gasteiger charge is 2.19. The second-order valence-corrected chi connectivity index (χ2v) is 6.81. The van der Waals surface area contributed by atoms with Crippen LogP contribution in [0.25, 0.3) is 0 Å². The zero-order valence-corrected chi connectivity index (χ0v) is 16.2. The van der Waals surface area contributed by atoms with Gasteiger partial charge >= 0.3 is 0 Å². The van der Waals surface area contributed by atoms with Gasteiger partial charge in [-0.05, 0) is 25.1 Å². The molecule has 1 aromatic carbocycles. The molecule has 10 heteroatoms. The number of carbonyl (C=O) groups excluding carboxylic acids is 2. The largest absolute Gasteiger partial charge is 0.342 e. The second-order valence-electron chi connectivity index (χ2n) is 5.87. The van der Waals surface area contributed by atoms with E-state index < -0.39 is 0 Å². The molecule has 144 valence electrons. The van der Waals surface area contributed by atoms with Crippen molar-refractivity contribution in [3.63, 3.8) is 0 Å². The van der Waals surface area contributed by atoms with Crippen molar-refractivity contribution >= 4 is 29.5 Å². The third-order valence-corrected chi connectivity index (χ3v) is 4.81. The Labute approximate surface area is 166 Å². The fraction of sp³-hybridized carbons (Fsp3) is 0.222. The molecule has 2 N–H and O–H groups in total. The SMILES string of the molecule is C[C@@H](NC(=O)c1ccccc1)c1nnc(SCC(=O)Nc2ncccn2)n1C. The number of hydrogen-bond acceptors (Lipinski definition) is 7. The smallest absolute Gasteiger partial charge is 0.251 e. The Kier molecular flexibility index (Phi) is 6.33. The van der Waals surface area contributed by atoms with E-state index in [9.17, 15) is 9.59 Å². The Hall–Kier alpha value is -3.27. The van der Waals surface area contributed by atoms with Gasteiger partial charge in [0.2, 0.25) is 11.9 Å². The van der Waals surface area contributed by atoms with Gasteiger partial charge in [0, 0.05) is 25.0 Å². The average molecular weight is 397 g/mol. The quantitative estimate of drug-likeness (QED) is 0.585. The molecule has 0 bridgehead atoms. The minimum atomic E-state index is -0.342. The first-order valence-electron chi connectivity index (χ1n) is 8.49. The molecule has 0 aliphatic carbocycles. The number of anilines is 1. The summed E-state index contributed by atoms with van der Waals surface area (Å²) >= 11 is 1.24. The summed E-state index contributed by atoms with van der Waals surface area (Å²) in [5, 5.41) is 14.3. The summed E-state index contributed by atoms with van der Waals surface area (Å²) in [6, 6.07) is 10.3. The average Bonchev–Trinajstić information content (AvgIpc) is 3.08. The summed E-state index contributed by atoms with van der Waals surface area (Å²) in [4.78, 5) is 32.2. The van der Waals surface area contributed by atoms with Crippen LogP contribution in [-0.4, -0.2) is 42.3 Å².